The Bertz CT molecular complexity index is 1310. The first-order chi connectivity index (χ1) is 18.8. The summed E-state index contributed by atoms with van der Waals surface area (Å²) < 4.78 is 30.1. The highest BCUT2D eigenvalue weighted by atomic mass is 32.3. The van der Waals surface area contributed by atoms with Crippen molar-refractivity contribution >= 4 is 39.4 Å². The van der Waals surface area contributed by atoms with E-state index in [1.165, 1.54) is 25.7 Å². The van der Waals surface area contributed by atoms with Crippen molar-refractivity contribution < 1.29 is 23.4 Å². The van der Waals surface area contributed by atoms with Gasteiger partial charge in [-0.05, 0) is 55.7 Å². The number of benzene rings is 2. The van der Waals surface area contributed by atoms with Crippen LogP contribution in [0.3, 0.4) is 0 Å². The van der Waals surface area contributed by atoms with Crippen LogP contribution < -0.4 is 4.72 Å². The highest BCUT2D eigenvalue weighted by Crippen LogP contribution is 2.50. The number of rotatable bonds is 7. The van der Waals surface area contributed by atoms with Crippen LogP contribution in [-0.2, 0) is 4.74 Å². The van der Waals surface area contributed by atoms with E-state index in [-0.39, 0.29) is 18.0 Å². The van der Waals surface area contributed by atoms with Gasteiger partial charge < -0.3 is 14.5 Å². The molecule has 1 aliphatic heterocycles. The predicted octanol–water partition coefficient (Wildman–Crippen LogP) is 6.23. The van der Waals surface area contributed by atoms with Gasteiger partial charge in [0.1, 0.15) is 4.90 Å². The van der Waals surface area contributed by atoms with Gasteiger partial charge in [0.2, 0.25) is 0 Å². The van der Waals surface area contributed by atoms with Crippen LogP contribution in [0.4, 0.5) is 10.5 Å². The van der Waals surface area contributed by atoms with Crippen molar-refractivity contribution in [3.63, 3.8) is 0 Å². The molecule has 5 rings (SSSR count). The summed E-state index contributed by atoms with van der Waals surface area (Å²) in [6.07, 6.45) is 7.26. The molecule has 1 aromatic heterocycles. The number of pyridine rings is 1. The number of ether oxygens (including phenoxy) is 1. The molecule has 2 fully saturated rings. The smallest absolute Gasteiger partial charge is 0.409 e. The molecule has 9 nitrogen and oxygen atoms in total. The molecule has 1 aliphatic carbocycles. The molecule has 0 radical (unpaired) electrons. The van der Waals surface area contributed by atoms with E-state index >= 15 is 0 Å². The first-order valence-electron chi connectivity index (χ1n) is 13.5. The van der Waals surface area contributed by atoms with Gasteiger partial charge in [0.15, 0.2) is 0 Å². The SMILES string of the molecule is C[C@@H]1CN(C(=O)OCCC2CCCC2)CCN1C(=O)c1ccc(NS(O)(O)c2cccc3cccnc23)cc1. The summed E-state index contributed by atoms with van der Waals surface area (Å²) >= 11 is 0. The third kappa shape index (κ3) is 6.29. The lowest BCUT2D eigenvalue weighted by atomic mass is 10.1. The van der Waals surface area contributed by atoms with Crippen molar-refractivity contribution in [2.75, 3.05) is 31.0 Å². The average Bonchev–Trinajstić information content (AvgIpc) is 3.46. The molecule has 2 aromatic carbocycles. The minimum absolute atomic E-state index is 0.131. The Balaban J connectivity index is 1.16. The number of nitrogens with one attached hydrogen (secondary N) is 1. The summed E-state index contributed by atoms with van der Waals surface area (Å²) in [7, 11) is -3.39. The topological polar surface area (TPSA) is 115 Å². The van der Waals surface area contributed by atoms with Crippen molar-refractivity contribution in [3.05, 3.63) is 66.4 Å². The first kappa shape index (κ1) is 27.2. The number of nitrogens with zero attached hydrogens (tertiary/aromatic N) is 3. The number of hydrogen-bond acceptors (Lipinski definition) is 7. The van der Waals surface area contributed by atoms with E-state index in [0.717, 1.165) is 11.8 Å². The van der Waals surface area contributed by atoms with E-state index in [1.54, 1.807) is 58.5 Å². The monoisotopic (exact) mass is 552 g/mol. The van der Waals surface area contributed by atoms with Gasteiger partial charge in [-0.25, -0.2) is 4.79 Å². The molecule has 39 heavy (non-hydrogen) atoms. The lowest BCUT2D eigenvalue weighted by Gasteiger charge is -2.39. The zero-order chi connectivity index (χ0) is 27.4. The van der Waals surface area contributed by atoms with Crippen LogP contribution in [0.25, 0.3) is 10.9 Å². The minimum atomic E-state index is -3.39. The summed E-state index contributed by atoms with van der Waals surface area (Å²) in [6, 6.07) is 15.4. The fourth-order valence-corrected chi connectivity index (χ4v) is 6.78. The molecule has 1 atom stereocenters. The molecule has 2 aliphatic rings. The summed E-state index contributed by atoms with van der Waals surface area (Å²) in [5, 5.41) is 0.810. The minimum Gasteiger partial charge on any atom is -0.449 e. The maximum absolute atomic E-state index is 13.2. The molecule has 1 saturated heterocycles. The Kier molecular flexibility index (Phi) is 8.25. The molecule has 2 amide bonds. The van der Waals surface area contributed by atoms with Crippen LogP contribution in [0.1, 0.15) is 49.4 Å². The molecule has 3 aromatic rings. The van der Waals surface area contributed by atoms with E-state index in [2.05, 4.69) is 9.71 Å². The van der Waals surface area contributed by atoms with Crippen LogP contribution in [0, 0.1) is 5.92 Å². The lowest BCUT2D eigenvalue weighted by molar-refractivity contribution is 0.0403. The second-order valence-corrected chi connectivity index (χ2v) is 12.1. The van der Waals surface area contributed by atoms with Gasteiger partial charge in [-0.2, -0.15) is 0 Å². The fourth-order valence-electron chi connectivity index (χ4n) is 5.50. The highest BCUT2D eigenvalue weighted by Gasteiger charge is 2.31. The van der Waals surface area contributed by atoms with Crippen LogP contribution in [0.2, 0.25) is 0 Å². The van der Waals surface area contributed by atoms with E-state index in [4.69, 9.17) is 4.74 Å². The maximum atomic E-state index is 13.2. The molecule has 208 valence electrons. The summed E-state index contributed by atoms with van der Waals surface area (Å²) in [4.78, 5) is 33.8. The van der Waals surface area contributed by atoms with Crippen molar-refractivity contribution in [1.82, 2.24) is 14.8 Å². The molecule has 0 bridgehead atoms. The Hall–Kier alpha value is -3.34. The molecular weight excluding hydrogens is 516 g/mol. The Labute approximate surface area is 230 Å². The number of para-hydroxylation sites is 1. The molecule has 2 heterocycles. The van der Waals surface area contributed by atoms with Gasteiger partial charge in [0.25, 0.3) is 5.91 Å². The Morgan fingerprint density at radius 2 is 1.79 bits per heavy atom. The second kappa shape index (κ2) is 11.8. The lowest BCUT2D eigenvalue weighted by Crippen LogP contribution is -2.55. The Morgan fingerprint density at radius 1 is 1.05 bits per heavy atom. The summed E-state index contributed by atoms with van der Waals surface area (Å²) in [6.45, 7) is 3.66. The zero-order valence-corrected chi connectivity index (χ0v) is 23.0. The van der Waals surface area contributed by atoms with Crippen LogP contribution in [0.5, 0.6) is 0 Å². The number of aromatic nitrogens is 1. The molecule has 10 heteroatoms. The van der Waals surface area contributed by atoms with Gasteiger partial charge in [-0.3, -0.25) is 23.6 Å². The number of carbonyl (C=O) groups excluding carboxylic acids is 2. The van der Waals surface area contributed by atoms with Gasteiger partial charge in [0.05, 0.1) is 17.8 Å². The highest BCUT2D eigenvalue weighted by molar-refractivity contribution is 8.25. The van der Waals surface area contributed by atoms with Crippen molar-refractivity contribution in [3.8, 4) is 0 Å². The van der Waals surface area contributed by atoms with Crippen LogP contribution >= 0.6 is 10.8 Å². The third-order valence-corrected chi connectivity index (χ3v) is 9.13. The normalized spacial score (nSPS) is 18.8. The molecule has 0 spiro atoms. The van der Waals surface area contributed by atoms with Gasteiger partial charge in [-0.15, -0.1) is 0 Å². The summed E-state index contributed by atoms with van der Waals surface area (Å²) in [5.74, 6) is 0.545. The van der Waals surface area contributed by atoms with Gasteiger partial charge in [-0.1, -0.05) is 54.7 Å². The number of amides is 2. The van der Waals surface area contributed by atoms with Gasteiger partial charge >= 0.3 is 6.09 Å². The number of piperazine rings is 1. The van der Waals surface area contributed by atoms with Crippen LogP contribution in [-0.4, -0.2) is 68.2 Å². The predicted molar refractivity (Wildman–Crippen MR) is 153 cm³/mol. The number of fused-ring (bicyclic) bond motifs is 1. The van der Waals surface area contributed by atoms with Crippen LogP contribution in [0.15, 0.2) is 65.7 Å². The number of hydrogen-bond donors (Lipinski definition) is 3. The summed E-state index contributed by atoms with van der Waals surface area (Å²) in [5.41, 5.74) is 1.48. The van der Waals surface area contributed by atoms with E-state index < -0.39 is 10.8 Å². The maximum Gasteiger partial charge on any atom is 0.409 e. The molecule has 1 saturated carbocycles. The molecule has 3 N–H and O–H groups in total. The standard InChI is InChI=1S/C29H36N4O5S/c1-21-20-32(29(35)38-19-15-22-6-2-3-7-22)17-18-33(21)28(34)24-11-13-25(14-12-24)31-39(36,37)26-10-4-8-23-9-5-16-30-27(23)26/h4-5,8-14,16,21-22,31,36-37H,2-3,6-7,15,17-20H2,1H3/t21-/m1/s1. The quantitative estimate of drug-likeness (QED) is 0.318. The molecular formula is C29H36N4O5S. The average molecular weight is 553 g/mol. The van der Waals surface area contributed by atoms with E-state index in [9.17, 15) is 18.7 Å². The van der Waals surface area contributed by atoms with Crippen molar-refractivity contribution in [1.29, 1.82) is 0 Å². The number of anilines is 1. The first-order valence-corrected chi connectivity index (χ1v) is 15.1. The largest absolute Gasteiger partial charge is 0.449 e. The third-order valence-electron chi connectivity index (χ3n) is 7.67. The Morgan fingerprint density at radius 3 is 2.54 bits per heavy atom. The van der Waals surface area contributed by atoms with E-state index in [0.29, 0.717) is 53.8 Å². The fraction of sp³-hybridized carbons (Fsp3) is 0.414. The van der Waals surface area contributed by atoms with Gasteiger partial charge in [0, 0.05) is 42.8 Å². The zero-order valence-electron chi connectivity index (χ0n) is 22.2. The molecule has 0 unspecified atom stereocenters. The number of carbonyl (C=O) groups is 2. The second-order valence-electron chi connectivity index (χ2n) is 10.4. The van der Waals surface area contributed by atoms with Crippen molar-refractivity contribution in [2.45, 2.75) is 50.0 Å². The van der Waals surface area contributed by atoms with Crippen molar-refractivity contribution in [2.24, 2.45) is 5.92 Å². The van der Waals surface area contributed by atoms with E-state index in [1.807, 2.05) is 19.1 Å².